The molecular weight excluding hydrogens is 1190 g/mol. The highest BCUT2D eigenvalue weighted by Crippen LogP contribution is 2.52. The zero-order valence-electron chi connectivity index (χ0n) is 61.1. The van der Waals surface area contributed by atoms with E-state index in [1.54, 1.807) is 0 Å². The Morgan fingerprint density at radius 2 is 0.638 bits per heavy atom. The van der Waals surface area contributed by atoms with E-state index in [1.165, 1.54) is 193 Å². The Morgan fingerprint density at radius 3 is 0.904 bits per heavy atom. The van der Waals surface area contributed by atoms with E-state index in [1.807, 2.05) is 24.3 Å². The number of hydrogen-bond donors (Lipinski definition) is 7. The van der Waals surface area contributed by atoms with Gasteiger partial charge in [-0.1, -0.05) is 309 Å². The van der Waals surface area contributed by atoms with Crippen molar-refractivity contribution in [1.82, 2.24) is 4.90 Å². The molecule has 2 atom stereocenters. The summed E-state index contributed by atoms with van der Waals surface area (Å²) in [7, 11) is 2.12. The Hall–Kier alpha value is -5.02. The van der Waals surface area contributed by atoms with Crippen LogP contribution in [0.25, 0.3) is 0 Å². The van der Waals surface area contributed by atoms with E-state index in [9.17, 15) is 33.9 Å². The van der Waals surface area contributed by atoms with E-state index < -0.39 is 41.4 Å². The van der Waals surface area contributed by atoms with Gasteiger partial charge in [0.1, 0.15) is 17.1 Å². The van der Waals surface area contributed by atoms with Gasteiger partial charge in [0.25, 0.3) is 0 Å². The molecule has 2 aliphatic rings. The predicted octanol–water partition coefficient (Wildman–Crippen LogP) is 22.7. The number of hydrogen-bond acceptors (Lipinski definition) is 9. The topological polar surface area (TPSA) is 256 Å². The number of aliphatic hydroxyl groups is 1. The van der Waals surface area contributed by atoms with Crippen molar-refractivity contribution in [3.8, 4) is 11.5 Å². The Kier molecular flexibility index (Phi) is 67.3. The summed E-state index contributed by atoms with van der Waals surface area (Å²) in [5, 5.41) is 61.7. The molecule has 94 heavy (non-hydrogen) atoms. The van der Waals surface area contributed by atoms with Crippen molar-refractivity contribution >= 4 is 35.8 Å². The van der Waals surface area contributed by atoms with Crippen molar-refractivity contribution in [2.45, 2.75) is 375 Å². The largest absolute Gasteiger partial charge is 0.481 e. The van der Waals surface area contributed by atoms with Crippen molar-refractivity contribution in [2.75, 3.05) is 20.1 Å². The Labute approximate surface area is 572 Å². The minimum Gasteiger partial charge on any atom is -0.481 e. The third-order valence-corrected chi connectivity index (χ3v) is 17.1. The van der Waals surface area contributed by atoms with E-state index in [2.05, 4.69) is 78.6 Å². The highest BCUT2D eigenvalue weighted by molar-refractivity contribution is 5.68. The van der Waals surface area contributed by atoms with Gasteiger partial charge < -0.3 is 45.4 Å². The lowest BCUT2D eigenvalue weighted by molar-refractivity contribution is -0.138. The lowest BCUT2D eigenvalue weighted by Gasteiger charge is -2.43. The lowest BCUT2D eigenvalue weighted by atomic mass is 9.72. The summed E-state index contributed by atoms with van der Waals surface area (Å²) in [4.78, 5) is 63.1. The molecule has 2 aromatic carbocycles. The van der Waals surface area contributed by atoms with Crippen LogP contribution in [0.4, 0.5) is 0 Å². The molecule has 2 aliphatic heterocycles. The normalized spacial score (nSPS) is 14.1. The first-order chi connectivity index (χ1) is 45.2. The fourth-order valence-corrected chi connectivity index (χ4v) is 11.3. The molecule has 0 aromatic heterocycles. The van der Waals surface area contributed by atoms with E-state index in [0.717, 1.165) is 125 Å². The number of aryl methyl sites for hydroxylation is 1. The maximum Gasteiger partial charge on any atom is 0.303 e. The van der Waals surface area contributed by atoms with Crippen LogP contribution < -0.4 is 4.74 Å². The number of carbonyl (C=O) groups is 6. The first-order valence-electron chi connectivity index (χ1n) is 37.8. The quantitative estimate of drug-likeness (QED) is 0.0304. The number of para-hydroxylation sites is 2. The third-order valence-electron chi connectivity index (χ3n) is 17.1. The SMILES string of the molecule is CCCCCCCCCC(=O)O.CCCCCCCCCC(=O)O.CCCCCCCCCC(=O)O.CCCCCCCCCC(=O)O.CCCCCCCCCC(=O)O.CCCCCCCCCC(=O)O.Cc1cccc2c1Oc1ccccc1[C@]1(O)CCN(C)C[C@H]21. The minimum absolute atomic E-state index is 0.0322. The molecule has 0 unspecified atom stereocenters. The highest BCUT2D eigenvalue weighted by atomic mass is 16.5. The molecule has 0 bridgehead atoms. The van der Waals surface area contributed by atoms with Gasteiger partial charge in [-0.25, -0.2) is 0 Å². The second-order valence-electron chi connectivity index (χ2n) is 26.2. The molecule has 0 radical (unpaired) electrons. The summed E-state index contributed by atoms with van der Waals surface area (Å²) in [6.45, 7) is 17.0. The summed E-state index contributed by atoms with van der Waals surface area (Å²) in [6, 6.07) is 14.1. The first kappa shape index (κ1) is 93.2. The van der Waals surface area contributed by atoms with Gasteiger partial charge in [0.15, 0.2) is 0 Å². The predicted molar refractivity (Wildman–Crippen MR) is 388 cm³/mol. The number of piperidine rings is 1. The van der Waals surface area contributed by atoms with Crippen molar-refractivity contribution in [2.24, 2.45) is 0 Å². The number of unbranched alkanes of at least 4 members (excludes halogenated alkanes) is 36. The molecule has 1 fully saturated rings. The lowest BCUT2D eigenvalue weighted by Crippen LogP contribution is -2.46. The van der Waals surface area contributed by atoms with Crippen molar-refractivity contribution in [1.29, 1.82) is 0 Å². The van der Waals surface area contributed by atoms with Crippen LogP contribution in [0.1, 0.15) is 379 Å². The number of rotatable bonds is 48. The van der Waals surface area contributed by atoms with Crippen LogP contribution in [0.5, 0.6) is 11.5 Å². The van der Waals surface area contributed by atoms with Crippen molar-refractivity contribution in [3.63, 3.8) is 0 Å². The number of fused-ring (bicyclic) bond motifs is 5. The van der Waals surface area contributed by atoms with Gasteiger partial charge in [-0.3, -0.25) is 28.8 Å². The zero-order valence-corrected chi connectivity index (χ0v) is 61.1. The van der Waals surface area contributed by atoms with E-state index >= 15 is 0 Å². The van der Waals surface area contributed by atoms with Crippen molar-refractivity contribution in [3.05, 3.63) is 59.2 Å². The summed E-state index contributed by atoms with van der Waals surface area (Å²) in [5.41, 5.74) is 2.29. The number of carboxylic acid groups (broad SMARTS) is 6. The molecule has 0 amide bonds. The van der Waals surface area contributed by atoms with Crippen LogP contribution in [0.2, 0.25) is 0 Å². The molecule has 1 saturated heterocycles. The molecule has 15 nitrogen and oxygen atoms in total. The zero-order chi connectivity index (χ0) is 70.7. The maximum absolute atomic E-state index is 11.6. The van der Waals surface area contributed by atoms with Gasteiger partial charge in [0, 0.05) is 68.7 Å². The summed E-state index contributed by atoms with van der Waals surface area (Å²) in [5.74, 6) is -2.25. The molecule has 2 heterocycles. The average molecular weight is 1330 g/mol. The van der Waals surface area contributed by atoms with Gasteiger partial charge in [-0.2, -0.15) is 0 Å². The van der Waals surface area contributed by atoms with Gasteiger partial charge in [0.05, 0.1) is 0 Å². The van der Waals surface area contributed by atoms with Crippen LogP contribution in [0.15, 0.2) is 42.5 Å². The molecule has 546 valence electrons. The Balaban J connectivity index is -0.00000105. The maximum atomic E-state index is 11.6. The summed E-state index contributed by atoms with van der Waals surface area (Å²) >= 11 is 0. The van der Waals surface area contributed by atoms with Crippen LogP contribution in [-0.4, -0.2) is 96.6 Å². The van der Waals surface area contributed by atoms with E-state index in [4.69, 9.17) is 35.4 Å². The molecule has 0 aliphatic carbocycles. The Morgan fingerprint density at radius 1 is 0.383 bits per heavy atom. The number of ether oxygens (including phenoxy) is 1. The van der Waals surface area contributed by atoms with E-state index in [0.29, 0.717) is 38.5 Å². The van der Waals surface area contributed by atoms with E-state index in [-0.39, 0.29) is 5.92 Å². The first-order valence-corrected chi connectivity index (χ1v) is 37.8. The number of carboxylic acids is 6. The number of nitrogens with zero attached hydrogens (tertiary/aromatic N) is 1. The molecule has 15 heteroatoms. The second kappa shape index (κ2) is 67.9. The van der Waals surface area contributed by atoms with Gasteiger partial charge in [-0.05, 0) is 70.5 Å². The molecule has 4 rings (SSSR count). The third kappa shape index (κ3) is 59.5. The number of likely N-dealkylation sites (N-methyl/N-ethyl adjacent to an activating group) is 1. The van der Waals surface area contributed by atoms with Crippen molar-refractivity contribution < 1.29 is 69.2 Å². The molecular formula is C79H141NO14. The Bertz CT molecular complexity index is 1900. The molecule has 0 saturated carbocycles. The summed E-state index contributed by atoms with van der Waals surface area (Å²) < 4.78 is 6.25. The monoisotopic (exact) mass is 1330 g/mol. The number of benzene rings is 2. The fraction of sp³-hybridized carbons (Fsp3) is 0.772. The van der Waals surface area contributed by atoms with Crippen LogP contribution in [0, 0.1) is 6.92 Å². The molecule has 0 spiro atoms. The highest BCUT2D eigenvalue weighted by Gasteiger charge is 2.47. The van der Waals surface area contributed by atoms with Gasteiger partial charge in [-0.15, -0.1) is 0 Å². The fourth-order valence-electron chi connectivity index (χ4n) is 11.3. The molecule has 7 N–H and O–H groups in total. The van der Waals surface area contributed by atoms with Gasteiger partial charge >= 0.3 is 35.8 Å². The van der Waals surface area contributed by atoms with Crippen LogP contribution >= 0.6 is 0 Å². The minimum atomic E-state index is -0.859. The number of aliphatic carboxylic acids is 6. The smallest absolute Gasteiger partial charge is 0.303 e. The second-order valence-corrected chi connectivity index (χ2v) is 26.2. The standard InChI is InChI=1S/C19H21NO2.6C10H20O2/c1-13-6-5-7-14-16-12-20(2)11-10-19(16,21)15-8-3-4-9-17(15)22-18(13)14;6*1-2-3-4-5-6-7-8-9-10(11)12/h3-9,16,21H,10-12H2,1-2H3;6*2-9H2,1H3,(H,11,12)/t16-,19-;;;;;;/m1....../s1. The molecule has 2 aromatic rings. The average Bonchev–Trinajstić information content (AvgIpc) is 1.52. The van der Waals surface area contributed by atoms with Crippen LogP contribution in [0.3, 0.4) is 0 Å². The van der Waals surface area contributed by atoms with Crippen LogP contribution in [-0.2, 0) is 34.4 Å². The summed E-state index contributed by atoms with van der Waals surface area (Å²) in [6.07, 6.45) is 52.6. The number of likely N-dealkylation sites (tertiary alicyclic amines) is 1. The van der Waals surface area contributed by atoms with Gasteiger partial charge in [0.2, 0.25) is 0 Å².